The molecule has 0 bridgehead atoms. The minimum atomic E-state index is -1.52. The highest BCUT2D eigenvalue weighted by atomic mass is 79.9. The molecule has 0 heterocycles. The molecule has 3 aromatic rings. The average Bonchev–Trinajstić information content (AvgIpc) is 2.68. The average molecular weight is 430 g/mol. The van der Waals surface area contributed by atoms with Crippen molar-refractivity contribution in [2.45, 2.75) is 6.92 Å². The maximum Gasteiger partial charge on any atom is 0.109 e. The Hall–Kier alpha value is -1.26. The van der Waals surface area contributed by atoms with Gasteiger partial charge < -0.3 is 0 Å². The molecular formula is C22H24BrP2+. The van der Waals surface area contributed by atoms with Crippen LogP contribution in [0.15, 0.2) is 91.0 Å². The molecule has 3 rings (SSSR count). The summed E-state index contributed by atoms with van der Waals surface area (Å²) in [7, 11) is 3.23. The van der Waals surface area contributed by atoms with E-state index in [4.69, 9.17) is 0 Å². The molecule has 25 heavy (non-hydrogen) atoms. The summed E-state index contributed by atoms with van der Waals surface area (Å²) in [6.07, 6.45) is 3.49. The molecule has 3 aromatic carbocycles. The van der Waals surface area contributed by atoms with Crippen LogP contribution in [-0.4, -0.2) is 6.16 Å². The third kappa shape index (κ3) is 4.68. The van der Waals surface area contributed by atoms with Crippen LogP contribution < -0.4 is 5.30 Å². The molecule has 0 aliphatic heterocycles. The van der Waals surface area contributed by atoms with Gasteiger partial charge in [-0.1, -0.05) is 78.9 Å². The summed E-state index contributed by atoms with van der Waals surface area (Å²) >= 11 is 0. The van der Waals surface area contributed by atoms with Crippen molar-refractivity contribution in [3.8, 4) is 0 Å². The second-order valence-electron chi connectivity index (χ2n) is 5.83. The molecule has 0 saturated carbocycles. The summed E-state index contributed by atoms with van der Waals surface area (Å²) in [5, 5.41) is 2.87. The molecule has 3 heteroatoms. The van der Waals surface area contributed by atoms with Crippen molar-refractivity contribution >= 4 is 49.6 Å². The molecule has 128 valence electrons. The summed E-state index contributed by atoms with van der Waals surface area (Å²) in [6.45, 7) is 0.779. The van der Waals surface area contributed by atoms with Gasteiger partial charge in [-0.15, -0.1) is 17.0 Å². The first-order valence-corrected chi connectivity index (χ1v) is 11.9. The van der Waals surface area contributed by atoms with E-state index in [0.29, 0.717) is 0 Å². The van der Waals surface area contributed by atoms with E-state index in [0.717, 1.165) is 6.16 Å². The lowest BCUT2D eigenvalue weighted by Crippen LogP contribution is -2.09. The molecule has 0 spiro atoms. The fraction of sp³-hybridized carbons (Fsp3) is 0.0909. The molecule has 0 radical (unpaired) electrons. The first-order chi connectivity index (χ1) is 11.7. The molecular weight excluding hydrogens is 406 g/mol. The minimum Gasteiger partial charge on any atom is -0.114 e. The van der Waals surface area contributed by atoms with Gasteiger partial charge in [-0.2, -0.15) is 0 Å². The Bertz CT molecular complexity index is 801. The van der Waals surface area contributed by atoms with Crippen LogP contribution in [0.3, 0.4) is 0 Å². The van der Waals surface area contributed by atoms with Crippen molar-refractivity contribution in [1.29, 1.82) is 0 Å². The zero-order valence-electron chi connectivity index (χ0n) is 14.4. The number of hydrogen-bond donors (Lipinski definition) is 0. The van der Waals surface area contributed by atoms with E-state index in [9.17, 15) is 0 Å². The smallest absolute Gasteiger partial charge is 0.109 e. The first kappa shape index (κ1) is 20.1. The van der Waals surface area contributed by atoms with E-state index in [1.54, 1.807) is 0 Å². The van der Waals surface area contributed by atoms with Crippen LogP contribution in [0.2, 0.25) is 0 Å². The van der Waals surface area contributed by atoms with Gasteiger partial charge in [0, 0.05) is 14.5 Å². The predicted octanol–water partition coefficient (Wildman–Crippen LogP) is 6.92. The Morgan fingerprint density at radius 2 is 1.28 bits per heavy atom. The highest BCUT2D eigenvalue weighted by Crippen LogP contribution is 2.74. The highest BCUT2D eigenvalue weighted by molar-refractivity contribution is 8.93. The number of benzene rings is 3. The largest absolute Gasteiger partial charge is 0.114 e. The van der Waals surface area contributed by atoms with Gasteiger partial charge in [0.2, 0.25) is 0 Å². The zero-order chi connectivity index (χ0) is 16.8. The molecule has 0 fully saturated rings. The van der Waals surface area contributed by atoms with E-state index >= 15 is 0 Å². The molecule has 0 aliphatic carbocycles. The summed E-state index contributed by atoms with van der Waals surface area (Å²) in [4.78, 5) is 0. The van der Waals surface area contributed by atoms with Crippen molar-refractivity contribution in [1.82, 2.24) is 0 Å². The summed E-state index contributed by atoms with van der Waals surface area (Å²) in [5.41, 5.74) is 2.57. The van der Waals surface area contributed by atoms with E-state index in [1.165, 1.54) is 21.7 Å². The molecule has 2 unspecified atom stereocenters. The Balaban J connectivity index is 0.00000225. The van der Waals surface area contributed by atoms with Gasteiger partial charge >= 0.3 is 0 Å². The van der Waals surface area contributed by atoms with E-state index in [2.05, 4.69) is 113 Å². The van der Waals surface area contributed by atoms with Crippen LogP contribution in [0.25, 0.3) is 11.4 Å². The Labute approximate surface area is 164 Å². The van der Waals surface area contributed by atoms with Gasteiger partial charge in [-0.25, -0.2) is 0 Å². The van der Waals surface area contributed by atoms with Gasteiger partial charge in [0.25, 0.3) is 0 Å². The minimum absolute atomic E-state index is 0. The lowest BCUT2D eigenvalue weighted by Gasteiger charge is -2.24. The van der Waals surface area contributed by atoms with Gasteiger partial charge in [-0.3, -0.25) is 0 Å². The second kappa shape index (κ2) is 9.44. The fourth-order valence-electron chi connectivity index (χ4n) is 2.93. The topological polar surface area (TPSA) is 0 Å². The predicted molar refractivity (Wildman–Crippen MR) is 124 cm³/mol. The molecule has 0 aromatic heterocycles. The van der Waals surface area contributed by atoms with Crippen molar-refractivity contribution < 1.29 is 0 Å². The third-order valence-electron chi connectivity index (χ3n) is 4.32. The molecule has 0 amide bonds. The lowest BCUT2D eigenvalue weighted by atomic mass is 10.1. The quantitative estimate of drug-likeness (QED) is 0.305. The summed E-state index contributed by atoms with van der Waals surface area (Å²) < 4.78 is 0. The monoisotopic (exact) mass is 429 g/mol. The first-order valence-electron chi connectivity index (χ1n) is 8.29. The van der Waals surface area contributed by atoms with E-state index in [-0.39, 0.29) is 17.0 Å². The third-order valence-corrected chi connectivity index (χ3v) is 10.6. The highest BCUT2D eigenvalue weighted by Gasteiger charge is 2.38. The Kier molecular flexibility index (Phi) is 7.57. The second-order valence-corrected chi connectivity index (χ2v) is 11.8. The van der Waals surface area contributed by atoms with Crippen LogP contribution >= 0.6 is 32.9 Å². The maximum atomic E-state index is 3.23. The maximum absolute atomic E-state index is 3.23. The van der Waals surface area contributed by atoms with Gasteiger partial charge in [-0.05, 0) is 30.7 Å². The van der Waals surface area contributed by atoms with Gasteiger partial charge in [0.15, 0.2) is 0 Å². The van der Waals surface area contributed by atoms with Crippen LogP contribution in [0.1, 0.15) is 18.1 Å². The molecule has 0 nitrogen and oxygen atoms in total. The van der Waals surface area contributed by atoms with E-state index < -0.39 is 6.95 Å². The standard InChI is InChI=1S/C22H23P2.BrH/c1-2-24(23,21-16-10-5-11-17-21)22(20-14-8-4-9-15-20)18-19-12-6-3-7-13-19;/h3-18H,2,23H2,1H3;1H/q+1;. The Morgan fingerprint density at radius 1 is 0.800 bits per heavy atom. The van der Waals surface area contributed by atoms with E-state index in [1.807, 2.05) is 0 Å². The van der Waals surface area contributed by atoms with Crippen LogP contribution in [0, 0.1) is 0 Å². The fourth-order valence-corrected chi connectivity index (χ4v) is 6.80. The van der Waals surface area contributed by atoms with Gasteiger partial charge in [0.1, 0.15) is 10.6 Å². The van der Waals surface area contributed by atoms with Crippen molar-refractivity contribution in [3.63, 3.8) is 0 Å². The molecule has 0 saturated heterocycles. The number of hydrogen-bond acceptors (Lipinski definition) is 0. The lowest BCUT2D eigenvalue weighted by molar-refractivity contribution is 1.50. The van der Waals surface area contributed by atoms with Crippen LogP contribution in [-0.2, 0) is 0 Å². The van der Waals surface area contributed by atoms with Gasteiger partial charge in [0.05, 0.1) is 13.1 Å². The van der Waals surface area contributed by atoms with Crippen molar-refractivity contribution in [2.24, 2.45) is 0 Å². The molecule has 2 atom stereocenters. The SMILES string of the molecule is Br.CC[P+](P)(C(=Cc1ccccc1)c1ccccc1)c1ccccc1. The van der Waals surface area contributed by atoms with Crippen molar-refractivity contribution in [3.05, 3.63) is 102 Å². The molecule has 0 aliphatic rings. The molecule has 0 N–H and O–H groups in total. The zero-order valence-corrected chi connectivity index (χ0v) is 18.1. The van der Waals surface area contributed by atoms with Crippen molar-refractivity contribution in [2.75, 3.05) is 6.16 Å². The van der Waals surface area contributed by atoms with Crippen LogP contribution in [0.5, 0.6) is 0 Å². The normalized spacial score (nSPS) is 13.6. The Morgan fingerprint density at radius 3 is 1.80 bits per heavy atom. The summed E-state index contributed by atoms with van der Waals surface area (Å²) in [6, 6.07) is 32.4. The number of rotatable bonds is 5. The summed E-state index contributed by atoms with van der Waals surface area (Å²) in [5.74, 6) is 0. The number of halogens is 1. The van der Waals surface area contributed by atoms with Crippen LogP contribution in [0.4, 0.5) is 0 Å².